The van der Waals surface area contributed by atoms with E-state index in [2.05, 4.69) is 39.4 Å². The van der Waals surface area contributed by atoms with E-state index in [1.165, 1.54) is 24.8 Å². The summed E-state index contributed by atoms with van der Waals surface area (Å²) in [6.45, 7) is 0.924. The van der Waals surface area contributed by atoms with Gasteiger partial charge in [0.1, 0.15) is 6.61 Å². The van der Waals surface area contributed by atoms with Crippen molar-refractivity contribution in [3.8, 4) is 0 Å². The number of carbonyl (C=O) groups excluding carboxylic acids is 1. The van der Waals surface area contributed by atoms with Crippen molar-refractivity contribution in [3.05, 3.63) is 70.2 Å². The van der Waals surface area contributed by atoms with E-state index in [-0.39, 0.29) is 11.5 Å². The van der Waals surface area contributed by atoms with E-state index in [1.807, 2.05) is 36.4 Å². The summed E-state index contributed by atoms with van der Waals surface area (Å²) >= 11 is 3.57. The molecule has 25 heavy (non-hydrogen) atoms. The lowest BCUT2D eigenvalue weighted by Gasteiger charge is -2.38. The SMILES string of the molecule is O=C(NCC1(c2cccc(Br)c2)CCCCC1)OCc1ccccc1. The van der Waals surface area contributed by atoms with Crippen LogP contribution in [-0.4, -0.2) is 12.6 Å². The van der Waals surface area contributed by atoms with Crippen molar-refractivity contribution in [3.63, 3.8) is 0 Å². The molecule has 4 heteroatoms. The smallest absolute Gasteiger partial charge is 0.407 e. The van der Waals surface area contributed by atoms with Gasteiger partial charge in [-0.15, -0.1) is 0 Å². The first kappa shape index (κ1) is 18.0. The number of halogens is 1. The maximum absolute atomic E-state index is 12.2. The molecule has 1 fully saturated rings. The third-order valence-corrected chi connectivity index (χ3v) is 5.52. The standard InChI is InChI=1S/C21H24BrNO2/c22-19-11-7-10-18(14-19)21(12-5-2-6-13-21)16-23-20(24)25-15-17-8-3-1-4-9-17/h1,3-4,7-11,14H,2,5-6,12-13,15-16H2,(H,23,24). The van der Waals surface area contributed by atoms with Crippen molar-refractivity contribution in [2.24, 2.45) is 0 Å². The lowest BCUT2D eigenvalue weighted by molar-refractivity contribution is 0.134. The summed E-state index contributed by atoms with van der Waals surface area (Å²) in [7, 11) is 0. The van der Waals surface area contributed by atoms with Gasteiger partial charge in [0.25, 0.3) is 0 Å². The van der Waals surface area contributed by atoms with Crippen LogP contribution in [0.1, 0.15) is 43.2 Å². The Labute approximate surface area is 157 Å². The number of nitrogens with one attached hydrogen (secondary N) is 1. The number of carbonyl (C=O) groups is 1. The van der Waals surface area contributed by atoms with Crippen LogP contribution in [0.15, 0.2) is 59.1 Å². The Bertz CT molecular complexity index is 696. The van der Waals surface area contributed by atoms with Gasteiger partial charge in [-0.1, -0.05) is 77.7 Å². The largest absolute Gasteiger partial charge is 0.445 e. The molecule has 0 aromatic heterocycles. The summed E-state index contributed by atoms with van der Waals surface area (Å²) in [6, 6.07) is 18.2. The van der Waals surface area contributed by atoms with E-state index in [0.29, 0.717) is 13.2 Å². The molecule has 0 saturated heterocycles. The summed E-state index contributed by atoms with van der Waals surface area (Å²) in [5.41, 5.74) is 2.30. The molecule has 0 unspecified atom stereocenters. The topological polar surface area (TPSA) is 38.3 Å². The van der Waals surface area contributed by atoms with Gasteiger partial charge in [0.2, 0.25) is 0 Å². The monoisotopic (exact) mass is 401 g/mol. The first-order chi connectivity index (χ1) is 12.2. The summed E-state index contributed by atoms with van der Waals surface area (Å²) in [5.74, 6) is 0. The maximum atomic E-state index is 12.2. The number of hydrogen-bond donors (Lipinski definition) is 1. The molecule has 0 heterocycles. The van der Waals surface area contributed by atoms with Gasteiger partial charge in [-0.3, -0.25) is 0 Å². The van der Waals surface area contributed by atoms with Gasteiger partial charge in [-0.05, 0) is 36.1 Å². The van der Waals surface area contributed by atoms with Crippen molar-refractivity contribution in [1.29, 1.82) is 0 Å². The molecule has 0 bridgehead atoms. The summed E-state index contributed by atoms with van der Waals surface area (Å²) < 4.78 is 6.45. The van der Waals surface area contributed by atoms with Crippen LogP contribution in [0.4, 0.5) is 4.79 Å². The molecule has 3 nitrogen and oxygen atoms in total. The lowest BCUT2D eigenvalue weighted by atomic mass is 9.69. The van der Waals surface area contributed by atoms with E-state index in [4.69, 9.17) is 4.74 Å². The van der Waals surface area contributed by atoms with Crippen molar-refractivity contribution in [1.82, 2.24) is 5.32 Å². The number of rotatable bonds is 5. The minimum Gasteiger partial charge on any atom is -0.445 e. The number of amides is 1. The minimum atomic E-state index is -0.344. The highest BCUT2D eigenvalue weighted by molar-refractivity contribution is 9.10. The molecule has 0 aliphatic heterocycles. The second-order valence-electron chi connectivity index (χ2n) is 6.77. The maximum Gasteiger partial charge on any atom is 0.407 e. The number of hydrogen-bond acceptors (Lipinski definition) is 2. The van der Waals surface area contributed by atoms with E-state index >= 15 is 0 Å². The van der Waals surface area contributed by atoms with E-state index < -0.39 is 0 Å². The molecule has 0 spiro atoms. The predicted octanol–water partition coefficient (Wildman–Crippen LogP) is 5.58. The van der Waals surface area contributed by atoms with Gasteiger partial charge < -0.3 is 10.1 Å². The molecule has 2 aromatic carbocycles. The molecule has 1 aliphatic rings. The van der Waals surface area contributed by atoms with Gasteiger partial charge in [0.05, 0.1) is 0 Å². The van der Waals surface area contributed by atoms with Gasteiger partial charge in [-0.25, -0.2) is 4.79 Å². The molecule has 1 aliphatic carbocycles. The number of ether oxygens (including phenoxy) is 1. The second kappa shape index (κ2) is 8.52. The highest BCUT2D eigenvalue weighted by Gasteiger charge is 2.34. The Morgan fingerprint density at radius 1 is 1.04 bits per heavy atom. The molecule has 1 N–H and O–H groups in total. The second-order valence-corrected chi connectivity index (χ2v) is 7.68. The Kier molecular flexibility index (Phi) is 6.14. The Morgan fingerprint density at radius 3 is 2.52 bits per heavy atom. The molecule has 0 radical (unpaired) electrons. The molecular weight excluding hydrogens is 378 g/mol. The van der Waals surface area contributed by atoms with Crippen molar-refractivity contribution in [2.45, 2.75) is 44.1 Å². The first-order valence-electron chi connectivity index (χ1n) is 8.89. The number of alkyl carbamates (subject to hydrolysis) is 1. The van der Waals surface area contributed by atoms with E-state index in [1.54, 1.807) is 0 Å². The van der Waals surface area contributed by atoms with E-state index in [9.17, 15) is 4.79 Å². The minimum absolute atomic E-state index is 0.00774. The van der Waals surface area contributed by atoms with Gasteiger partial charge >= 0.3 is 6.09 Å². The van der Waals surface area contributed by atoms with Crippen molar-refractivity contribution in [2.75, 3.05) is 6.54 Å². The molecule has 2 aromatic rings. The van der Waals surface area contributed by atoms with Crippen molar-refractivity contribution >= 4 is 22.0 Å². The van der Waals surface area contributed by atoms with Crippen LogP contribution in [0.3, 0.4) is 0 Å². The fourth-order valence-electron chi connectivity index (χ4n) is 3.63. The summed E-state index contributed by atoms with van der Waals surface area (Å²) in [4.78, 5) is 12.2. The normalized spacial score (nSPS) is 16.2. The summed E-state index contributed by atoms with van der Waals surface area (Å²) in [5, 5.41) is 3.00. The van der Waals surface area contributed by atoms with Crippen LogP contribution < -0.4 is 5.32 Å². The average molecular weight is 402 g/mol. The molecule has 0 atom stereocenters. The van der Waals surface area contributed by atoms with Gasteiger partial charge in [0, 0.05) is 16.4 Å². The predicted molar refractivity (Wildman–Crippen MR) is 104 cm³/mol. The zero-order chi connectivity index (χ0) is 17.5. The fourth-order valence-corrected chi connectivity index (χ4v) is 4.03. The van der Waals surface area contributed by atoms with Crippen LogP contribution in [-0.2, 0) is 16.8 Å². The van der Waals surface area contributed by atoms with Crippen LogP contribution in [0.5, 0.6) is 0 Å². The summed E-state index contributed by atoms with van der Waals surface area (Å²) in [6.07, 6.45) is 5.53. The van der Waals surface area contributed by atoms with E-state index in [0.717, 1.165) is 22.9 Å². The van der Waals surface area contributed by atoms with Gasteiger partial charge in [0.15, 0.2) is 0 Å². The average Bonchev–Trinajstić information content (AvgIpc) is 2.66. The van der Waals surface area contributed by atoms with Gasteiger partial charge in [-0.2, -0.15) is 0 Å². The Morgan fingerprint density at radius 2 is 1.80 bits per heavy atom. The van der Waals surface area contributed by atoms with Crippen LogP contribution in [0.2, 0.25) is 0 Å². The highest BCUT2D eigenvalue weighted by Crippen LogP contribution is 2.39. The van der Waals surface area contributed by atoms with Crippen LogP contribution in [0, 0.1) is 0 Å². The molecular formula is C21H24BrNO2. The Hall–Kier alpha value is -1.81. The zero-order valence-corrected chi connectivity index (χ0v) is 15.9. The number of benzene rings is 2. The zero-order valence-electron chi connectivity index (χ0n) is 14.3. The Balaban J connectivity index is 1.62. The van der Waals surface area contributed by atoms with Crippen LogP contribution in [0.25, 0.3) is 0 Å². The highest BCUT2D eigenvalue weighted by atomic mass is 79.9. The quantitative estimate of drug-likeness (QED) is 0.709. The van der Waals surface area contributed by atoms with Crippen molar-refractivity contribution < 1.29 is 9.53 Å². The third-order valence-electron chi connectivity index (χ3n) is 5.03. The first-order valence-corrected chi connectivity index (χ1v) is 9.68. The lowest BCUT2D eigenvalue weighted by Crippen LogP contribution is -2.42. The third kappa shape index (κ3) is 4.85. The molecule has 1 saturated carbocycles. The fraction of sp³-hybridized carbons (Fsp3) is 0.381. The molecule has 132 valence electrons. The molecule has 1 amide bonds. The molecule has 3 rings (SSSR count). The van der Waals surface area contributed by atoms with Crippen LogP contribution >= 0.6 is 15.9 Å².